The number of benzene rings is 2. The summed E-state index contributed by atoms with van der Waals surface area (Å²) in [6.45, 7) is 6.12. The van der Waals surface area contributed by atoms with Crippen molar-refractivity contribution in [3.8, 4) is 6.07 Å². The predicted octanol–water partition coefficient (Wildman–Crippen LogP) is 2.65. The molecule has 0 aromatic heterocycles. The number of aryl methyl sites for hydroxylation is 2. The van der Waals surface area contributed by atoms with Crippen molar-refractivity contribution in [3.63, 3.8) is 0 Å². The predicted molar refractivity (Wildman–Crippen MR) is 169 cm³/mol. The van der Waals surface area contributed by atoms with Crippen LogP contribution in [0.4, 0.5) is 0 Å². The van der Waals surface area contributed by atoms with Crippen molar-refractivity contribution in [3.05, 3.63) is 69.8 Å². The van der Waals surface area contributed by atoms with Gasteiger partial charge >= 0.3 is 0 Å². The summed E-state index contributed by atoms with van der Waals surface area (Å²) >= 11 is 0. The van der Waals surface area contributed by atoms with Gasteiger partial charge in [0.1, 0.15) is 11.9 Å². The Balaban J connectivity index is 1.57. The standard InChI is InChI=1S/C34H43N7O3/c1-19(2)40-33(36)34(16-20(3)39-18-30(42)41-26(17-35)14-25-15-29(25)41)27-10-8-23(31(43)37-4)12-21(27)6-7-22-13-24(32(44)38-5)9-11-28(22)34/h8-13,19-20,25-26,29,39H,6-7,14-16,18H2,1-5H3,(H2,36,40)(H,37,43)(H,38,44)/t20-,25-,26?,29+/m1/s1. The van der Waals surface area contributed by atoms with Gasteiger partial charge in [-0.05, 0) is 105 Å². The van der Waals surface area contributed by atoms with E-state index in [1.165, 1.54) is 0 Å². The van der Waals surface area contributed by atoms with Crippen molar-refractivity contribution in [1.29, 1.82) is 10.7 Å². The molecule has 232 valence electrons. The van der Waals surface area contributed by atoms with Gasteiger partial charge in [0.25, 0.3) is 11.8 Å². The highest BCUT2D eigenvalue weighted by atomic mass is 16.2. The fourth-order valence-corrected chi connectivity index (χ4v) is 7.24. The fourth-order valence-electron chi connectivity index (χ4n) is 7.24. The van der Waals surface area contributed by atoms with Crippen molar-refractivity contribution in [2.45, 2.75) is 82.5 Å². The molecule has 0 radical (unpaired) electrons. The number of hydrogen-bond donors (Lipinski definition) is 5. The largest absolute Gasteiger partial charge is 0.371 e. The van der Waals surface area contributed by atoms with Crippen molar-refractivity contribution in [1.82, 2.24) is 26.2 Å². The Bertz CT molecular complexity index is 1460. The molecule has 3 amide bonds. The lowest BCUT2D eigenvalue weighted by molar-refractivity contribution is -0.131. The molecule has 1 saturated heterocycles. The first-order chi connectivity index (χ1) is 21.0. The molecule has 2 fully saturated rings. The summed E-state index contributed by atoms with van der Waals surface area (Å²) in [6, 6.07) is 13.3. The van der Waals surface area contributed by atoms with Gasteiger partial charge in [-0.2, -0.15) is 5.26 Å². The number of fused-ring (bicyclic) bond motifs is 3. The minimum atomic E-state index is -0.951. The van der Waals surface area contributed by atoms with Crippen LogP contribution in [0.15, 0.2) is 36.4 Å². The number of carbonyl (C=O) groups is 3. The second-order valence-electron chi connectivity index (χ2n) is 12.7. The van der Waals surface area contributed by atoms with Crippen LogP contribution in [0, 0.1) is 22.7 Å². The molecule has 4 atom stereocenters. The lowest BCUT2D eigenvalue weighted by atomic mass is 9.67. The molecule has 0 bridgehead atoms. The molecule has 10 heteroatoms. The van der Waals surface area contributed by atoms with E-state index in [1.807, 2.05) is 57.2 Å². The minimum absolute atomic E-state index is 0.0146. The van der Waals surface area contributed by atoms with Crippen LogP contribution in [-0.4, -0.2) is 73.3 Å². The SMILES string of the molecule is CNC(=O)c1ccc2c(c1)CCc1cc(C(=O)NC)ccc1C2(C[C@@H](C)NCC(=O)N1C(C#N)C[C@@H]2C[C@@H]21)C(=N)NC(C)C. The zero-order valence-corrected chi connectivity index (χ0v) is 26.2. The molecular weight excluding hydrogens is 554 g/mol. The molecule has 2 aromatic rings. The summed E-state index contributed by atoms with van der Waals surface area (Å²) in [5, 5.41) is 31.4. The lowest BCUT2D eigenvalue weighted by Crippen LogP contribution is -2.52. The number of carbonyl (C=O) groups excluding carboxylic acids is 3. The van der Waals surface area contributed by atoms with Crippen LogP contribution in [0.3, 0.4) is 0 Å². The highest BCUT2D eigenvalue weighted by molar-refractivity contribution is 5.99. The third kappa shape index (κ3) is 5.69. The number of nitrogens with zero attached hydrogens (tertiary/aromatic N) is 2. The number of amides is 3. The fraction of sp³-hybridized carbons (Fsp3) is 0.500. The first-order valence-electron chi connectivity index (χ1n) is 15.5. The van der Waals surface area contributed by atoms with Gasteiger partial charge in [0.05, 0.1) is 18.0 Å². The van der Waals surface area contributed by atoms with Crippen molar-refractivity contribution in [2.24, 2.45) is 5.92 Å². The summed E-state index contributed by atoms with van der Waals surface area (Å²) in [4.78, 5) is 40.3. The first kappa shape index (κ1) is 31.2. The van der Waals surface area contributed by atoms with Gasteiger partial charge in [-0.15, -0.1) is 0 Å². The van der Waals surface area contributed by atoms with Crippen LogP contribution < -0.4 is 21.3 Å². The second-order valence-corrected chi connectivity index (χ2v) is 12.7. The molecule has 0 spiro atoms. The normalized spacial score (nSPS) is 21.6. The number of amidine groups is 1. The maximum atomic E-state index is 13.3. The molecule has 5 N–H and O–H groups in total. The number of rotatable bonds is 9. The lowest BCUT2D eigenvalue weighted by Gasteiger charge is -2.40. The smallest absolute Gasteiger partial charge is 0.251 e. The van der Waals surface area contributed by atoms with Crippen molar-refractivity contribution < 1.29 is 14.4 Å². The number of hydrogen-bond acceptors (Lipinski definition) is 6. The van der Waals surface area contributed by atoms with Gasteiger partial charge in [-0.25, -0.2) is 0 Å². The maximum absolute atomic E-state index is 13.3. The zero-order chi connectivity index (χ0) is 31.8. The molecule has 1 saturated carbocycles. The van der Waals surface area contributed by atoms with E-state index in [4.69, 9.17) is 0 Å². The summed E-state index contributed by atoms with van der Waals surface area (Å²) < 4.78 is 0. The average Bonchev–Trinajstić information content (AvgIpc) is 3.71. The van der Waals surface area contributed by atoms with Crippen LogP contribution in [-0.2, 0) is 23.1 Å². The van der Waals surface area contributed by atoms with Gasteiger partial charge < -0.3 is 26.2 Å². The number of piperidine rings is 1. The zero-order valence-electron chi connectivity index (χ0n) is 26.2. The van der Waals surface area contributed by atoms with Gasteiger partial charge in [-0.1, -0.05) is 12.1 Å². The molecule has 2 aromatic carbocycles. The molecule has 3 aliphatic rings. The molecule has 44 heavy (non-hydrogen) atoms. The third-order valence-corrected chi connectivity index (χ3v) is 9.39. The van der Waals surface area contributed by atoms with Gasteiger partial charge in [-0.3, -0.25) is 19.8 Å². The monoisotopic (exact) mass is 597 g/mol. The molecule has 1 heterocycles. The molecular formula is C34H43N7O3. The quantitative estimate of drug-likeness (QED) is 0.222. The van der Waals surface area contributed by atoms with Gasteiger partial charge in [0.2, 0.25) is 5.91 Å². The van der Waals surface area contributed by atoms with E-state index in [0.717, 1.165) is 35.1 Å². The Morgan fingerprint density at radius 2 is 1.55 bits per heavy atom. The van der Waals surface area contributed by atoms with Crippen LogP contribution in [0.5, 0.6) is 0 Å². The van der Waals surface area contributed by atoms with E-state index < -0.39 is 5.41 Å². The molecule has 2 aliphatic carbocycles. The van der Waals surface area contributed by atoms with E-state index >= 15 is 0 Å². The van der Waals surface area contributed by atoms with Gasteiger partial charge in [0.15, 0.2) is 0 Å². The van der Waals surface area contributed by atoms with Crippen molar-refractivity contribution in [2.75, 3.05) is 20.6 Å². The van der Waals surface area contributed by atoms with Crippen LogP contribution in [0.1, 0.15) is 83.0 Å². The highest BCUT2D eigenvalue weighted by Gasteiger charge is 2.54. The Morgan fingerprint density at radius 3 is 2.05 bits per heavy atom. The Hall–Kier alpha value is -4.23. The summed E-state index contributed by atoms with van der Waals surface area (Å²) in [5.41, 5.74) is 3.95. The number of nitrogens with one attached hydrogen (secondary N) is 5. The van der Waals surface area contributed by atoms with Crippen LogP contribution in [0.2, 0.25) is 0 Å². The molecule has 10 nitrogen and oxygen atoms in total. The highest BCUT2D eigenvalue weighted by Crippen LogP contribution is 2.48. The number of nitriles is 1. The van der Waals surface area contributed by atoms with Crippen LogP contribution >= 0.6 is 0 Å². The van der Waals surface area contributed by atoms with E-state index in [0.29, 0.717) is 42.1 Å². The van der Waals surface area contributed by atoms with E-state index in [1.54, 1.807) is 19.0 Å². The third-order valence-electron chi connectivity index (χ3n) is 9.39. The summed E-state index contributed by atoms with van der Waals surface area (Å²) in [5.74, 6) is 0.348. The first-order valence-corrected chi connectivity index (χ1v) is 15.5. The van der Waals surface area contributed by atoms with Crippen LogP contribution in [0.25, 0.3) is 0 Å². The Kier molecular flexibility index (Phi) is 8.80. The molecule has 1 aliphatic heterocycles. The summed E-state index contributed by atoms with van der Waals surface area (Å²) in [6.07, 6.45) is 3.45. The summed E-state index contributed by atoms with van der Waals surface area (Å²) in [7, 11) is 3.21. The number of likely N-dealkylation sites (tertiary alicyclic amines) is 1. The minimum Gasteiger partial charge on any atom is -0.371 e. The maximum Gasteiger partial charge on any atom is 0.251 e. The van der Waals surface area contributed by atoms with E-state index in [9.17, 15) is 25.1 Å². The average molecular weight is 598 g/mol. The molecule has 5 rings (SSSR count). The molecule has 1 unspecified atom stereocenters. The van der Waals surface area contributed by atoms with Gasteiger partial charge in [0, 0.05) is 43.3 Å². The van der Waals surface area contributed by atoms with Crippen molar-refractivity contribution >= 4 is 23.6 Å². The van der Waals surface area contributed by atoms with E-state index in [-0.39, 0.29) is 48.4 Å². The topological polar surface area (TPSA) is 150 Å². The Morgan fingerprint density at radius 1 is 0.977 bits per heavy atom. The second kappa shape index (κ2) is 12.4. The van der Waals surface area contributed by atoms with E-state index in [2.05, 4.69) is 27.3 Å². The Labute approximate surface area is 259 Å².